The zero-order chi connectivity index (χ0) is 8.91. The third kappa shape index (κ3) is 4.83. The molecule has 0 amide bonds. The van der Waals surface area contributed by atoms with E-state index >= 15 is 0 Å². The molecule has 0 spiro atoms. The largest absolute Gasteiger partial charge is 0.464 e. The van der Waals surface area contributed by atoms with Crippen molar-refractivity contribution in [2.45, 2.75) is 4.83 Å². The van der Waals surface area contributed by atoms with Gasteiger partial charge in [-0.2, -0.15) is 8.78 Å². The van der Waals surface area contributed by atoms with Crippen LogP contribution in [0.4, 0.5) is 13.2 Å². The molecule has 0 rings (SSSR count). The molecule has 2 nitrogen and oxygen atoms in total. The lowest BCUT2D eigenvalue weighted by atomic mass is 10.5. The molecule has 6 heteroatoms. The van der Waals surface area contributed by atoms with Crippen LogP contribution in [-0.2, 0) is 9.53 Å². The van der Waals surface area contributed by atoms with Crippen molar-refractivity contribution in [3.05, 3.63) is 11.9 Å². The Morgan fingerprint density at radius 2 is 2.18 bits per heavy atom. The molecule has 0 aliphatic carbocycles. The molecule has 64 valence electrons. The highest BCUT2D eigenvalue weighted by atomic mass is 79.9. The fraction of sp³-hybridized carbons (Fsp3) is 0.400. The van der Waals surface area contributed by atoms with Crippen molar-refractivity contribution < 1.29 is 22.7 Å². The summed E-state index contributed by atoms with van der Waals surface area (Å²) in [5.74, 6) is -1.68. The smallest absolute Gasteiger partial charge is 0.351 e. The molecule has 0 heterocycles. The molecule has 0 aliphatic rings. The van der Waals surface area contributed by atoms with E-state index in [1.807, 2.05) is 0 Å². The third-order valence-corrected chi connectivity index (χ3v) is 1.08. The summed E-state index contributed by atoms with van der Waals surface area (Å²) in [6, 6.07) is 0. The number of carbonyl (C=O) groups excluding carboxylic acids is 1. The molecule has 0 bridgehead atoms. The van der Waals surface area contributed by atoms with Crippen LogP contribution in [0.3, 0.4) is 0 Å². The van der Waals surface area contributed by atoms with Gasteiger partial charge in [0, 0.05) is 0 Å². The van der Waals surface area contributed by atoms with Crippen molar-refractivity contribution in [1.29, 1.82) is 0 Å². The molecular weight excluding hydrogens is 229 g/mol. The van der Waals surface area contributed by atoms with Gasteiger partial charge in [0.05, 0.1) is 0 Å². The highest BCUT2D eigenvalue weighted by molar-refractivity contribution is 9.10. The number of rotatable bonds is 4. The molecule has 0 aromatic heterocycles. The first-order valence-electron chi connectivity index (χ1n) is 2.46. The summed E-state index contributed by atoms with van der Waals surface area (Å²) in [5.41, 5.74) is 0. The summed E-state index contributed by atoms with van der Waals surface area (Å²) in [4.78, 5) is 5.78. The van der Waals surface area contributed by atoms with Gasteiger partial charge in [-0.1, -0.05) is 0 Å². The van der Waals surface area contributed by atoms with Gasteiger partial charge in [0.15, 0.2) is 5.83 Å². The van der Waals surface area contributed by atoms with Crippen LogP contribution < -0.4 is 0 Å². The average Bonchev–Trinajstić information content (AvgIpc) is 1.86. The van der Waals surface area contributed by atoms with Crippen LogP contribution in [0.5, 0.6) is 0 Å². The Balaban J connectivity index is 3.90. The third-order valence-electron chi connectivity index (χ3n) is 0.698. The van der Waals surface area contributed by atoms with Crippen molar-refractivity contribution >= 4 is 22.4 Å². The van der Waals surface area contributed by atoms with Crippen molar-refractivity contribution in [1.82, 2.24) is 0 Å². The van der Waals surface area contributed by atoms with Crippen LogP contribution in [0, 0.1) is 0 Å². The maximum absolute atomic E-state index is 12.1. The minimum absolute atomic E-state index is 0.0379. The highest BCUT2D eigenvalue weighted by Gasteiger charge is 2.30. The van der Waals surface area contributed by atoms with Crippen molar-refractivity contribution in [3.63, 3.8) is 0 Å². The van der Waals surface area contributed by atoms with Gasteiger partial charge in [-0.3, -0.25) is 4.79 Å². The molecule has 0 saturated heterocycles. The zero-order valence-corrected chi connectivity index (χ0v) is 6.78. The molecule has 0 fully saturated rings. The molecule has 0 aromatic rings. The van der Waals surface area contributed by atoms with Crippen LogP contribution in [0.25, 0.3) is 0 Å². The monoisotopic (exact) mass is 232 g/mol. The van der Waals surface area contributed by atoms with E-state index in [1.165, 1.54) is 0 Å². The molecule has 0 unspecified atom stereocenters. The Hall–Kier alpha value is -0.520. The second kappa shape index (κ2) is 4.38. The van der Waals surface area contributed by atoms with Crippen molar-refractivity contribution in [2.75, 3.05) is 6.61 Å². The van der Waals surface area contributed by atoms with Gasteiger partial charge in [-0.05, 0) is 22.0 Å². The molecule has 0 atom stereocenters. The predicted molar refractivity (Wildman–Crippen MR) is 35.1 cm³/mol. The average molecular weight is 233 g/mol. The molecular formula is C5H4BrF3O2. The Labute approximate surface area is 69.1 Å². The summed E-state index contributed by atoms with van der Waals surface area (Å²) in [5, 5.41) is 0. The molecule has 11 heavy (non-hydrogen) atoms. The Morgan fingerprint density at radius 1 is 1.64 bits per heavy atom. The number of allylic oxidation sites excluding steroid dienone is 1. The van der Waals surface area contributed by atoms with E-state index in [1.54, 1.807) is 15.9 Å². The van der Waals surface area contributed by atoms with Crippen LogP contribution in [0.15, 0.2) is 11.9 Å². The lowest BCUT2D eigenvalue weighted by Crippen LogP contribution is -2.06. The van der Waals surface area contributed by atoms with Gasteiger partial charge >= 0.3 is 4.83 Å². The van der Waals surface area contributed by atoms with Crippen molar-refractivity contribution in [3.8, 4) is 0 Å². The number of ether oxygens (including phenoxy) is 1. The van der Waals surface area contributed by atoms with E-state index in [9.17, 15) is 18.0 Å². The first kappa shape index (κ1) is 10.5. The van der Waals surface area contributed by atoms with E-state index in [0.29, 0.717) is 6.08 Å². The minimum atomic E-state index is -3.68. The topological polar surface area (TPSA) is 26.3 Å². The first-order chi connectivity index (χ1) is 4.98. The maximum Gasteiger partial charge on any atom is 0.351 e. The van der Waals surface area contributed by atoms with E-state index in [4.69, 9.17) is 0 Å². The van der Waals surface area contributed by atoms with Gasteiger partial charge in [0.1, 0.15) is 6.61 Å². The minimum Gasteiger partial charge on any atom is -0.464 e. The molecule has 0 N–H and O–H groups in total. The Morgan fingerprint density at radius 3 is 2.55 bits per heavy atom. The number of hydrogen-bond acceptors (Lipinski definition) is 2. The van der Waals surface area contributed by atoms with Gasteiger partial charge in [-0.25, -0.2) is 4.39 Å². The zero-order valence-electron chi connectivity index (χ0n) is 5.19. The molecule has 0 radical (unpaired) electrons. The van der Waals surface area contributed by atoms with E-state index in [-0.39, 0.29) is 6.47 Å². The summed E-state index contributed by atoms with van der Waals surface area (Å²) in [6.45, 7) is -0.466. The number of alkyl halides is 3. The number of halogens is 4. The fourth-order valence-electron chi connectivity index (χ4n) is 0.276. The fourth-order valence-corrected chi connectivity index (χ4v) is 0.438. The Bertz CT molecular complexity index is 164. The maximum atomic E-state index is 12.1. The first-order valence-corrected chi connectivity index (χ1v) is 3.26. The number of hydrogen-bond donors (Lipinski definition) is 0. The molecule has 0 saturated carbocycles. The van der Waals surface area contributed by atoms with Gasteiger partial charge in [-0.15, -0.1) is 0 Å². The predicted octanol–water partition coefficient (Wildman–Crippen LogP) is 2.00. The normalized spacial score (nSPS) is 12.9. The van der Waals surface area contributed by atoms with E-state index in [2.05, 4.69) is 4.74 Å². The van der Waals surface area contributed by atoms with Crippen LogP contribution in [0.1, 0.15) is 0 Å². The summed E-state index contributed by atoms with van der Waals surface area (Å²) < 4.78 is 39.8. The summed E-state index contributed by atoms with van der Waals surface area (Å²) in [6.07, 6.45) is 0.461. The second-order valence-electron chi connectivity index (χ2n) is 1.48. The quantitative estimate of drug-likeness (QED) is 0.421. The Kier molecular flexibility index (Phi) is 4.17. The summed E-state index contributed by atoms with van der Waals surface area (Å²) >= 11 is 1.78. The van der Waals surface area contributed by atoms with E-state index < -0.39 is 17.3 Å². The van der Waals surface area contributed by atoms with E-state index in [0.717, 1.165) is 0 Å². The van der Waals surface area contributed by atoms with Crippen LogP contribution in [0.2, 0.25) is 0 Å². The van der Waals surface area contributed by atoms with Crippen LogP contribution in [-0.4, -0.2) is 17.9 Å². The summed E-state index contributed by atoms with van der Waals surface area (Å²) in [7, 11) is 0. The highest BCUT2D eigenvalue weighted by Crippen LogP contribution is 2.31. The standard InChI is InChI=1S/C5H4BrF3O2/c6-5(8,9)4(7)1-2-11-3-10/h1,3H,2H2. The van der Waals surface area contributed by atoms with Crippen LogP contribution >= 0.6 is 15.9 Å². The lowest BCUT2D eigenvalue weighted by molar-refractivity contribution is -0.127. The lowest BCUT2D eigenvalue weighted by Gasteiger charge is -2.03. The second-order valence-corrected chi connectivity index (χ2v) is 2.48. The van der Waals surface area contributed by atoms with Gasteiger partial charge in [0.2, 0.25) is 0 Å². The van der Waals surface area contributed by atoms with Gasteiger partial charge < -0.3 is 4.74 Å². The number of carbonyl (C=O) groups is 1. The molecule has 0 aliphatic heterocycles. The van der Waals surface area contributed by atoms with Gasteiger partial charge in [0.25, 0.3) is 6.47 Å². The molecule has 0 aromatic carbocycles. The SMILES string of the molecule is O=COCC=C(F)C(F)(F)Br. The van der Waals surface area contributed by atoms with Crippen molar-refractivity contribution in [2.24, 2.45) is 0 Å².